The Labute approximate surface area is 130 Å². The highest BCUT2D eigenvalue weighted by atomic mass is 32.2. The number of likely N-dealkylation sites (tertiary alicyclic amines) is 1. The maximum Gasteiger partial charge on any atom is 0.410 e. The van der Waals surface area contributed by atoms with Gasteiger partial charge in [0, 0.05) is 24.4 Å². The highest BCUT2D eigenvalue weighted by Gasteiger charge is 2.27. The molecule has 1 aromatic rings. The molecule has 0 unspecified atom stereocenters. The molecular formula is C16H22N2O2S. The Morgan fingerprint density at radius 1 is 1.19 bits per heavy atom. The number of benzene rings is 1. The first-order chi connectivity index (χ1) is 10.3. The Bertz CT molecular complexity index is 457. The number of ether oxygens (including phenoxy) is 1. The van der Waals surface area contributed by atoms with Crippen LogP contribution in [0.5, 0.6) is 0 Å². The van der Waals surface area contributed by atoms with Crippen molar-refractivity contribution in [3.8, 4) is 0 Å². The predicted molar refractivity (Wildman–Crippen MR) is 85.0 cm³/mol. The van der Waals surface area contributed by atoms with E-state index in [9.17, 15) is 4.79 Å². The monoisotopic (exact) mass is 306 g/mol. The van der Waals surface area contributed by atoms with Gasteiger partial charge in [0.25, 0.3) is 0 Å². The van der Waals surface area contributed by atoms with Crippen LogP contribution in [-0.4, -0.2) is 35.4 Å². The summed E-state index contributed by atoms with van der Waals surface area (Å²) in [7, 11) is 0. The van der Waals surface area contributed by atoms with Crippen LogP contribution in [0.15, 0.2) is 30.3 Å². The summed E-state index contributed by atoms with van der Waals surface area (Å²) in [5.74, 6) is 0. The molecule has 21 heavy (non-hydrogen) atoms. The molecule has 1 saturated carbocycles. The smallest absolute Gasteiger partial charge is 0.410 e. The minimum absolute atomic E-state index is 0.183. The average Bonchev–Trinajstić information content (AvgIpc) is 3.36. The molecule has 0 bridgehead atoms. The molecule has 0 aromatic heterocycles. The molecule has 2 fully saturated rings. The highest BCUT2D eigenvalue weighted by Crippen LogP contribution is 2.27. The molecule has 3 rings (SSSR count). The normalized spacial score (nSPS) is 19.5. The summed E-state index contributed by atoms with van der Waals surface area (Å²) < 4.78 is 8.87. The van der Waals surface area contributed by atoms with Crippen molar-refractivity contribution < 1.29 is 9.53 Å². The predicted octanol–water partition coefficient (Wildman–Crippen LogP) is 3.19. The summed E-state index contributed by atoms with van der Waals surface area (Å²) in [6.07, 6.45) is 4.54. The van der Waals surface area contributed by atoms with Crippen LogP contribution in [0.25, 0.3) is 0 Å². The molecule has 0 radical (unpaired) electrons. The van der Waals surface area contributed by atoms with Crippen LogP contribution in [0.4, 0.5) is 4.79 Å². The number of carbonyl (C=O) groups excluding carboxylic acids is 1. The number of hydrogen-bond donors (Lipinski definition) is 1. The molecule has 1 aliphatic heterocycles. The van der Waals surface area contributed by atoms with Gasteiger partial charge in [-0.2, -0.15) is 0 Å². The maximum atomic E-state index is 12.0. The van der Waals surface area contributed by atoms with Crippen molar-refractivity contribution >= 4 is 18.0 Å². The lowest BCUT2D eigenvalue weighted by atomic mass is 10.1. The third-order valence-electron chi connectivity index (χ3n) is 3.88. The number of nitrogens with zero attached hydrogens (tertiary/aromatic N) is 1. The average molecular weight is 306 g/mol. The first-order valence-corrected chi connectivity index (χ1v) is 8.56. The zero-order chi connectivity index (χ0) is 14.5. The Balaban J connectivity index is 1.36. The van der Waals surface area contributed by atoms with Gasteiger partial charge in [0.05, 0.1) is 0 Å². The van der Waals surface area contributed by atoms with Crippen molar-refractivity contribution in [2.45, 2.75) is 43.6 Å². The van der Waals surface area contributed by atoms with Crippen molar-refractivity contribution in [1.82, 2.24) is 9.62 Å². The van der Waals surface area contributed by atoms with E-state index in [1.807, 2.05) is 47.2 Å². The van der Waals surface area contributed by atoms with Crippen LogP contribution in [0, 0.1) is 0 Å². The fraction of sp³-hybridized carbons (Fsp3) is 0.562. The Morgan fingerprint density at radius 2 is 1.90 bits per heavy atom. The van der Waals surface area contributed by atoms with E-state index in [1.54, 1.807) is 0 Å². The second kappa shape index (κ2) is 7.18. The third-order valence-corrected chi connectivity index (χ3v) is 5.16. The topological polar surface area (TPSA) is 41.6 Å². The van der Waals surface area contributed by atoms with Crippen molar-refractivity contribution in [1.29, 1.82) is 0 Å². The molecule has 1 N–H and O–H groups in total. The SMILES string of the molecule is O=C(OCc1ccccc1)N1CCC(SNC2CC2)CC1. The van der Waals surface area contributed by atoms with E-state index in [0.717, 1.165) is 37.5 Å². The lowest BCUT2D eigenvalue weighted by molar-refractivity contribution is 0.0901. The van der Waals surface area contributed by atoms with Gasteiger partial charge in [-0.05, 0) is 31.2 Å². The lowest BCUT2D eigenvalue weighted by Gasteiger charge is -2.30. The Hall–Kier alpha value is -1.20. The van der Waals surface area contributed by atoms with Gasteiger partial charge in [-0.15, -0.1) is 0 Å². The standard InChI is InChI=1S/C16H22N2O2S/c19-16(20-12-13-4-2-1-3-5-13)18-10-8-15(9-11-18)21-17-14-6-7-14/h1-5,14-15,17H,6-12H2. The molecule has 1 heterocycles. The molecule has 5 heteroatoms. The van der Waals surface area contributed by atoms with Crippen LogP contribution in [0.2, 0.25) is 0 Å². The molecule has 114 valence electrons. The van der Waals surface area contributed by atoms with Crippen molar-refractivity contribution in [3.63, 3.8) is 0 Å². The van der Waals surface area contributed by atoms with E-state index in [1.165, 1.54) is 12.8 Å². The second-order valence-electron chi connectivity index (χ2n) is 5.74. The first kappa shape index (κ1) is 14.7. The van der Waals surface area contributed by atoms with Gasteiger partial charge in [0.2, 0.25) is 0 Å². The molecule has 0 spiro atoms. The number of rotatable bonds is 5. The number of nitrogens with one attached hydrogen (secondary N) is 1. The maximum absolute atomic E-state index is 12.0. The molecule has 1 saturated heterocycles. The summed E-state index contributed by atoms with van der Waals surface area (Å²) in [6.45, 7) is 1.97. The summed E-state index contributed by atoms with van der Waals surface area (Å²) in [4.78, 5) is 13.9. The molecule has 2 aliphatic rings. The van der Waals surface area contributed by atoms with Crippen molar-refractivity contribution in [2.24, 2.45) is 0 Å². The van der Waals surface area contributed by atoms with Crippen LogP contribution < -0.4 is 4.72 Å². The minimum atomic E-state index is -0.183. The van der Waals surface area contributed by atoms with E-state index in [0.29, 0.717) is 11.9 Å². The van der Waals surface area contributed by atoms with E-state index < -0.39 is 0 Å². The Morgan fingerprint density at radius 3 is 2.57 bits per heavy atom. The summed E-state index contributed by atoms with van der Waals surface area (Å²) in [6, 6.07) is 10.6. The fourth-order valence-corrected chi connectivity index (χ4v) is 3.43. The molecule has 1 aliphatic carbocycles. The van der Waals surface area contributed by atoms with Crippen LogP contribution >= 0.6 is 11.9 Å². The van der Waals surface area contributed by atoms with E-state index in [4.69, 9.17) is 4.74 Å². The zero-order valence-electron chi connectivity index (χ0n) is 12.2. The molecule has 1 amide bonds. The van der Waals surface area contributed by atoms with Crippen molar-refractivity contribution in [3.05, 3.63) is 35.9 Å². The van der Waals surface area contributed by atoms with Crippen molar-refractivity contribution in [2.75, 3.05) is 13.1 Å². The molecule has 4 nitrogen and oxygen atoms in total. The lowest BCUT2D eigenvalue weighted by Crippen LogP contribution is -2.40. The quantitative estimate of drug-likeness (QED) is 0.848. The van der Waals surface area contributed by atoms with Crippen LogP contribution in [0.1, 0.15) is 31.2 Å². The summed E-state index contributed by atoms with van der Waals surface area (Å²) in [5, 5.41) is 0.628. The van der Waals surface area contributed by atoms with Crippen LogP contribution in [0.3, 0.4) is 0 Å². The number of amides is 1. The van der Waals surface area contributed by atoms with Gasteiger partial charge in [-0.25, -0.2) is 4.79 Å². The molecular weight excluding hydrogens is 284 g/mol. The molecule has 1 aromatic carbocycles. The largest absolute Gasteiger partial charge is 0.445 e. The minimum Gasteiger partial charge on any atom is -0.445 e. The first-order valence-electron chi connectivity index (χ1n) is 7.68. The highest BCUT2D eigenvalue weighted by molar-refractivity contribution is 7.98. The van der Waals surface area contributed by atoms with E-state index in [2.05, 4.69) is 4.72 Å². The second-order valence-corrected chi connectivity index (χ2v) is 6.87. The van der Waals surface area contributed by atoms with Gasteiger partial charge in [-0.1, -0.05) is 42.3 Å². The number of piperidine rings is 1. The van der Waals surface area contributed by atoms with Gasteiger partial charge in [0.1, 0.15) is 6.61 Å². The van der Waals surface area contributed by atoms with E-state index in [-0.39, 0.29) is 6.09 Å². The van der Waals surface area contributed by atoms with E-state index >= 15 is 0 Å². The van der Waals surface area contributed by atoms with Gasteiger partial charge in [0.15, 0.2) is 0 Å². The number of carbonyl (C=O) groups is 1. The number of hydrogen-bond acceptors (Lipinski definition) is 4. The Kier molecular flexibility index (Phi) is 5.04. The summed E-state index contributed by atoms with van der Waals surface area (Å²) >= 11 is 1.86. The van der Waals surface area contributed by atoms with Crippen LogP contribution in [-0.2, 0) is 11.3 Å². The van der Waals surface area contributed by atoms with Gasteiger partial charge < -0.3 is 9.64 Å². The molecule has 0 atom stereocenters. The third kappa shape index (κ3) is 4.64. The van der Waals surface area contributed by atoms with Gasteiger partial charge >= 0.3 is 6.09 Å². The summed E-state index contributed by atoms with van der Waals surface area (Å²) in [5.41, 5.74) is 1.03. The van der Waals surface area contributed by atoms with Gasteiger partial charge in [-0.3, -0.25) is 4.72 Å². The fourth-order valence-electron chi connectivity index (χ4n) is 2.36. The zero-order valence-corrected chi connectivity index (χ0v) is 13.0.